The van der Waals surface area contributed by atoms with E-state index in [0.717, 1.165) is 25.9 Å². The van der Waals surface area contributed by atoms with Crippen LogP contribution in [-0.4, -0.2) is 48.9 Å². The number of rotatable bonds is 8. The maximum Gasteiger partial charge on any atom is 0.306 e. The molecule has 0 spiro atoms. The number of nitrogens with two attached hydrogens (primary N) is 1. The van der Waals surface area contributed by atoms with Crippen molar-refractivity contribution < 1.29 is 14.3 Å². The number of nitrogens with one attached hydrogen (secondary N) is 2. The molecule has 0 aromatic heterocycles. The third-order valence-electron chi connectivity index (χ3n) is 4.60. The van der Waals surface area contributed by atoms with Crippen LogP contribution < -0.4 is 11.1 Å². The molecular weight excluding hydrogens is 332 g/mol. The average molecular weight is 360 g/mol. The molecule has 142 valence electrons. The Morgan fingerprint density at radius 2 is 1.92 bits per heavy atom. The van der Waals surface area contributed by atoms with Gasteiger partial charge in [-0.2, -0.15) is 0 Å². The minimum atomic E-state index is -0.110. The first-order chi connectivity index (χ1) is 12.5. The van der Waals surface area contributed by atoms with Gasteiger partial charge in [0.15, 0.2) is 0 Å². The van der Waals surface area contributed by atoms with Gasteiger partial charge in [0, 0.05) is 30.6 Å². The molecule has 4 N–H and O–H groups in total. The van der Waals surface area contributed by atoms with Gasteiger partial charge in [0.2, 0.25) is 5.91 Å². The normalized spacial score (nSPS) is 15.4. The predicted octanol–water partition coefficient (Wildman–Crippen LogP) is 1.96. The second kappa shape index (κ2) is 9.91. The maximum absolute atomic E-state index is 12.1. The summed E-state index contributed by atoms with van der Waals surface area (Å²) in [6.45, 7) is 4.78. The number of nitrogens with zero attached hydrogens (tertiary/aromatic N) is 1. The van der Waals surface area contributed by atoms with E-state index in [1.165, 1.54) is 0 Å². The summed E-state index contributed by atoms with van der Waals surface area (Å²) >= 11 is 0. The van der Waals surface area contributed by atoms with Gasteiger partial charge in [0.25, 0.3) is 0 Å². The first-order valence-corrected chi connectivity index (χ1v) is 9.10. The van der Waals surface area contributed by atoms with Gasteiger partial charge in [-0.05, 0) is 63.0 Å². The fraction of sp³-hybridized carbons (Fsp3) is 0.526. The van der Waals surface area contributed by atoms with E-state index < -0.39 is 0 Å². The number of nitrogen functional groups attached to an aromatic ring is 1. The molecule has 0 radical (unpaired) electrons. The summed E-state index contributed by atoms with van der Waals surface area (Å²) in [4.78, 5) is 25.9. The number of amidine groups is 1. The molecular formula is C19H28N4O3. The molecule has 1 aliphatic rings. The highest BCUT2D eigenvalue weighted by Gasteiger charge is 2.22. The van der Waals surface area contributed by atoms with Crippen LogP contribution in [0.4, 0.5) is 5.69 Å². The Bertz CT molecular complexity index is 622. The van der Waals surface area contributed by atoms with Crippen LogP contribution in [0.15, 0.2) is 24.3 Å². The van der Waals surface area contributed by atoms with E-state index in [-0.39, 0.29) is 17.7 Å². The highest BCUT2D eigenvalue weighted by atomic mass is 16.5. The molecule has 1 aliphatic heterocycles. The molecule has 7 nitrogen and oxygen atoms in total. The van der Waals surface area contributed by atoms with Crippen molar-refractivity contribution in [3.63, 3.8) is 0 Å². The zero-order chi connectivity index (χ0) is 18.9. The molecule has 1 saturated heterocycles. The number of anilines is 1. The van der Waals surface area contributed by atoms with Crippen LogP contribution in [0.2, 0.25) is 0 Å². The summed E-state index contributed by atoms with van der Waals surface area (Å²) in [6, 6.07) is 6.92. The third-order valence-corrected chi connectivity index (χ3v) is 4.60. The number of carbonyl (C=O) groups excluding carboxylic acids is 2. The Hall–Kier alpha value is -2.41. The van der Waals surface area contributed by atoms with Crippen LogP contribution in [0.3, 0.4) is 0 Å². The van der Waals surface area contributed by atoms with Gasteiger partial charge < -0.3 is 20.7 Å². The lowest BCUT2D eigenvalue weighted by molar-refractivity contribution is -0.144. The average Bonchev–Trinajstić information content (AvgIpc) is 2.62. The summed E-state index contributed by atoms with van der Waals surface area (Å²) in [5.74, 6) is 0.253. The highest BCUT2D eigenvalue weighted by molar-refractivity contribution is 5.96. The van der Waals surface area contributed by atoms with Crippen molar-refractivity contribution in [3.8, 4) is 0 Å². The summed E-state index contributed by atoms with van der Waals surface area (Å²) in [7, 11) is 0. The van der Waals surface area contributed by atoms with Crippen LogP contribution in [0, 0.1) is 11.3 Å². The quantitative estimate of drug-likeness (QED) is 0.373. The Morgan fingerprint density at radius 1 is 1.27 bits per heavy atom. The number of ether oxygens (including phenoxy) is 1. The Balaban J connectivity index is 1.67. The van der Waals surface area contributed by atoms with Crippen LogP contribution in [0.25, 0.3) is 0 Å². The number of amides is 1. The summed E-state index contributed by atoms with van der Waals surface area (Å²) in [5.41, 5.74) is 6.75. The second-order valence-corrected chi connectivity index (χ2v) is 6.58. The van der Waals surface area contributed by atoms with Crippen molar-refractivity contribution in [1.29, 1.82) is 5.41 Å². The number of benzene rings is 1. The van der Waals surface area contributed by atoms with Crippen molar-refractivity contribution >= 4 is 23.4 Å². The van der Waals surface area contributed by atoms with Crippen molar-refractivity contribution in [2.24, 2.45) is 11.7 Å². The molecule has 1 heterocycles. The molecule has 0 unspecified atom stereocenters. The number of hydrogen-bond donors (Lipinski definition) is 3. The molecule has 2 rings (SSSR count). The third kappa shape index (κ3) is 6.48. The van der Waals surface area contributed by atoms with E-state index in [1.807, 2.05) is 6.92 Å². The van der Waals surface area contributed by atoms with E-state index in [9.17, 15) is 9.59 Å². The van der Waals surface area contributed by atoms with Crippen molar-refractivity contribution in [2.45, 2.75) is 32.6 Å². The molecule has 7 heteroatoms. The predicted molar refractivity (Wildman–Crippen MR) is 101 cm³/mol. The van der Waals surface area contributed by atoms with Gasteiger partial charge in [-0.15, -0.1) is 0 Å². The van der Waals surface area contributed by atoms with E-state index in [1.54, 1.807) is 24.3 Å². The van der Waals surface area contributed by atoms with Gasteiger partial charge in [0.05, 0.1) is 6.61 Å². The minimum absolute atomic E-state index is 0.00855. The monoisotopic (exact) mass is 360 g/mol. The highest BCUT2D eigenvalue weighted by Crippen LogP contribution is 2.21. The molecule has 1 aromatic carbocycles. The van der Waals surface area contributed by atoms with E-state index in [2.05, 4.69) is 10.2 Å². The SMILES string of the molecule is CCOC(=O)CC1CCN(CCC(=O)Nc2ccc(C(=N)N)cc2)CC1. The minimum Gasteiger partial charge on any atom is -0.466 e. The molecule has 0 aliphatic carbocycles. The van der Waals surface area contributed by atoms with Gasteiger partial charge >= 0.3 is 5.97 Å². The zero-order valence-electron chi connectivity index (χ0n) is 15.3. The lowest BCUT2D eigenvalue weighted by Gasteiger charge is -2.31. The largest absolute Gasteiger partial charge is 0.466 e. The zero-order valence-corrected chi connectivity index (χ0v) is 15.3. The first-order valence-electron chi connectivity index (χ1n) is 9.10. The Kier molecular flexibility index (Phi) is 7.59. The molecule has 0 saturated carbocycles. The van der Waals surface area contributed by atoms with E-state index in [4.69, 9.17) is 15.9 Å². The van der Waals surface area contributed by atoms with Crippen LogP contribution in [-0.2, 0) is 14.3 Å². The fourth-order valence-corrected chi connectivity index (χ4v) is 3.09. The van der Waals surface area contributed by atoms with Gasteiger partial charge in [-0.3, -0.25) is 15.0 Å². The maximum atomic E-state index is 12.1. The smallest absolute Gasteiger partial charge is 0.306 e. The van der Waals surface area contributed by atoms with E-state index in [0.29, 0.717) is 43.2 Å². The first kappa shape index (κ1) is 19.9. The summed E-state index contributed by atoms with van der Waals surface area (Å²) in [5, 5.41) is 10.2. The number of piperidine rings is 1. The number of likely N-dealkylation sites (tertiary alicyclic amines) is 1. The molecule has 1 fully saturated rings. The number of esters is 1. The fourth-order valence-electron chi connectivity index (χ4n) is 3.09. The van der Waals surface area contributed by atoms with Gasteiger partial charge in [-0.25, -0.2) is 0 Å². The molecule has 1 aromatic rings. The van der Waals surface area contributed by atoms with Crippen molar-refractivity contribution in [2.75, 3.05) is 31.6 Å². The molecule has 0 atom stereocenters. The lowest BCUT2D eigenvalue weighted by Crippen LogP contribution is -2.36. The lowest BCUT2D eigenvalue weighted by atomic mass is 9.93. The van der Waals surface area contributed by atoms with Crippen LogP contribution in [0.1, 0.15) is 38.2 Å². The topological polar surface area (TPSA) is 109 Å². The summed E-state index contributed by atoms with van der Waals surface area (Å²) < 4.78 is 5.00. The Labute approximate surface area is 154 Å². The number of carbonyl (C=O) groups is 2. The van der Waals surface area contributed by atoms with Gasteiger partial charge in [-0.1, -0.05) is 0 Å². The standard InChI is InChI=1S/C19H28N4O3/c1-2-26-18(25)13-14-7-10-23(11-8-14)12-9-17(24)22-16-5-3-15(4-6-16)19(20)21/h3-6,14H,2,7-13H2,1H3,(H3,20,21)(H,22,24). The molecule has 0 bridgehead atoms. The van der Waals surface area contributed by atoms with Crippen molar-refractivity contribution in [3.05, 3.63) is 29.8 Å². The second-order valence-electron chi connectivity index (χ2n) is 6.58. The van der Waals surface area contributed by atoms with Crippen molar-refractivity contribution in [1.82, 2.24) is 4.90 Å². The van der Waals surface area contributed by atoms with Crippen LogP contribution in [0.5, 0.6) is 0 Å². The van der Waals surface area contributed by atoms with E-state index >= 15 is 0 Å². The van der Waals surface area contributed by atoms with Gasteiger partial charge in [0.1, 0.15) is 5.84 Å². The summed E-state index contributed by atoms with van der Waals surface area (Å²) in [6.07, 6.45) is 2.86. The molecule has 26 heavy (non-hydrogen) atoms. The Morgan fingerprint density at radius 3 is 2.50 bits per heavy atom. The van der Waals surface area contributed by atoms with Crippen LogP contribution >= 0.6 is 0 Å². The number of hydrogen-bond acceptors (Lipinski definition) is 5. The molecule has 1 amide bonds.